The maximum Gasteiger partial charge on any atom is 0.0235 e. The fourth-order valence-corrected chi connectivity index (χ4v) is 3.52. The zero-order valence-corrected chi connectivity index (χ0v) is 12.3. The molecule has 0 aromatic heterocycles. The van der Waals surface area contributed by atoms with Crippen molar-refractivity contribution < 1.29 is 0 Å². The van der Waals surface area contributed by atoms with Crippen LogP contribution in [-0.2, 0) is 0 Å². The van der Waals surface area contributed by atoms with Crippen LogP contribution in [0.5, 0.6) is 0 Å². The monoisotopic (exact) mass is 253 g/mol. The van der Waals surface area contributed by atoms with Gasteiger partial charge in [0.2, 0.25) is 0 Å². The van der Waals surface area contributed by atoms with E-state index in [0.717, 1.165) is 18.6 Å². The van der Waals surface area contributed by atoms with Gasteiger partial charge in [0.1, 0.15) is 0 Å². The van der Waals surface area contributed by atoms with Gasteiger partial charge < -0.3 is 5.32 Å². The van der Waals surface area contributed by atoms with Crippen molar-refractivity contribution in [2.45, 2.75) is 58.0 Å². The molecule has 0 amide bonds. The molecule has 2 aliphatic rings. The van der Waals surface area contributed by atoms with Crippen LogP contribution in [0, 0.1) is 0 Å². The minimum absolute atomic E-state index is 0.750. The van der Waals surface area contributed by atoms with Crippen molar-refractivity contribution in [1.82, 2.24) is 15.1 Å². The smallest absolute Gasteiger partial charge is 0.0235 e. The highest BCUT2D eigenvalue weighted by Gasteiger charge is 2.31. The van der Waals surface area contributed by atoms with Gasteiger partial charge in [0.15, 0.2) is 0 Å². The summed E-state index contributed by atoms with van der Waals surface area (Å²) in [5.41, 5.74) is 0. The number of likely N-dealkylation sites (tertiary alicyclic amines) is 2. The summed E-state index contributed by atoms with van der Waals surface area (Å²) in [5, 5.41) is 3.52. The fraction of sp³-hybridized carbons (Fsp3) is 1.00. The topological polar surface area (TPSA) is 18.5 Å². The van der Waals surface area contributed by atoms with Crippen molar-refractivity contribution in [3.05, 3.63) is 0 Å². The zero-order chi connectivity index (χ0) is 12.8. The summed E-state index contributed by atoms with van der Waals surface area (Å²) in [4.78, 5) is 5.48. The first-order chi connectivity index (χ1) is 8.85. The van der Waals surface area contributed by atoms with E-state index < -0.39 is 0 Å². The fourth-order valence-electron chi connectivity index (χ4n) is 3.52. The van der Waals surface area contributed by atoms with E-state index in [1.54, 1.807) is 0 Å². The molecule has 0 saturated carbocycles. The van der Waals surface area contributed by atoms with E-state index in [1.807, 2.05) is 0 Å². The molecule has 0 aromatic carbocycles. The molecule has 3 heteroatoms. The van der Waals surface area contributed by atoms with E-state index in [2.05, 4.69) is 29.0 Å². The highest BCUT2D eigenvalue weighted by molar-refractivity contribution is 4.88. The van der Waals surface area contributed by atoms with Crippen molar-refractivity contribution >= 4 is 0 Å². The predicted octanol–water partition coefficient (Wildman–Crippen LogP) is 1.93. The average molecular weight is 253 g/mol. The van der Waals surface area contributed by atoms with Crippen LogP contribution in [0.3, 0.4) is 0 Å². The molecular weight excluding hydrogens is 222 g/mol. The van der Waals surface area contributed by atoms with Gasteiger partial charge in [-0.1, -0.05) is 20.3 Å². The molecule has 2 heterocycles. The molecule has 1 N–H and O–H groups in total. The summed E-state index contributed by atoms with van der Waals surface area (Å²) in [6, 6.07) is 1.60. The maximum atomic E-state index is 3.52. The Bertz CT molecular complexity index is 226. The Morgan fingerprint density at radius 3 is 2.56 bits per heavy atom. The summed E-state index contributed by atoms with van der Waals surface area (Å²) >= 11 is 0. The highest BCUT2D eigenvalue weighted by atomic mass is 15.3. The molecule has 2 rings (SSSR count). The molecule has 3 nitrogen and oxygen atoms in total. The molecule has 2 atom stereocenters. The van der Waals surface area contributed by atoms with Crippen LogP contribution >= 0.6 is 0 Å². The van der Waals surface area contributed by atoms with Crippen molar-refractivity contribution in [2.75, 3.05) is 39.3 Å². The summed E-state index contributed by atoms with van der Waals surface area (Å²) < 4.78 is 0. The lowest BCUT2D eigenvalue weighted by Gasteiger charge is -2.33. The van der Waals surface area contributed by atoms with Gasteiger partial charge in [-0.3, -0.25) is 9.80 Å². The molecule has 0 spiro atoms. The Morgan fingerprint density at radius 1 is 1.11 bits per heavy atom. The Kier molecular flexibility index (Phi) is 5.93. The SMILES string of the molecule is CCNCC(CC)N1CCC(N2CCCCC2)C1. The lowest BCUT2D eigenvalue weighted by molar-refractivity contribution is 0.150. The lowest BCUT2D eigenvalue weighted by atomic mass is 10.1. The number of hydrogen-bond acceptors (Lipinski definition) is 3. The second kappa shape index (κ2) is 7.46. The minimum atomic E-state index is 0.750. The van der Waals surface area contributed by atoms with Gasteiger partial charge in [-0.15, -0.1) is 0 Å². The number of hydrogen-bond donors (Lipinski definition) is 1. The summed E-state index contributed by atoms with van der Waals surface area (Å²) in [6.45, 7) is 12.1. The van der Waals surface area contributed by atoms with E-state index >= 15 is 0 Å². The lowest BCUT2D eigenvalue weighted by Crippen LogP contribution is -2.44. The molecule has 2 saturated heterocycles. The van der Waals surface area contributed by atoms with Crippen LogP contribution in [0.15, 0.2) is 0 Å². The third kappa shape index (κ3) is 3.69. The molecule has 106 valence electrons. The van der Waals surface area contributed by atoms with Crippen LogP contribution in [-0.4, -0.2) is 61.2 Å². The van der Waals surface area contributed by atoms with Gasteiger partial charge in [0.25, 0.3) is 0 Å². The van der Waals surface area contributed by atoms with Crippen LogP contribution in [0.4, 0.5) is 0 Å². The van der Waals surface area contributed by atoms with Gasteiger partial charge in [-0.25, -0.2) is 0 Å². The van der Waals surface area contributed by atoms with Crippen molar-refractivity contribution in [1.29, 1.82) is 0 Å². The van der Waals surface area contributed by atoms with Crippen LogP contribution in [0.1, 0.15) is 46.0 Å². The van der Waals surface area contributed by atoms with Crippen LogP contribution < -0.4 is 5.32 Å². The standard InChI is InChI=1S/C15H31N3/c1-3-14(12-16-4-2)18-11-8-15(13-18)17-9-6-5-7-10-17/h14-16H,3-13H2,1-2H3. The molecule has 2 fully saturated rings. The Morgan fingerprint density at radius 2 is 1.89 bits per heavy atom. The van der Waals surface area contributed by atoms with Gasteiger partial charge in [-0.2, -0.15) is 0 Å². The van der Waals surface area contributed by atoms with Gasteiger partial charge in [0, 0.05) is 31.7 Å². The second-order valence-corrected chi connectivity index (χ2v) is 5.90. The molecular formula is C15H31N3. The van der Waals surface area contributed by atoms with E-state index in [-0.39, 0.29) is 0 Å². The third-order valence-electron chi connectivity index (χ3n) is 4.72. The zero-order valence-electron chi connectivity index (χ0n) is 12.3. The first-order valence-electron chi connectivity index (χ1n) is 8.04. The van der Waals surface area contributed by atoms with E-state index in [0.29, 0.717) is 0 Å². The Hall–Kier alpha value is -0.120. The van der Waals surface area contributed by atoms with Crippen LogP contribution in [0.25, 0.3) is 0 Å². The number of piperidine rings is 1. The first-order valence-corrected chi connectivity index (χ1v) is 8.04. The van der Waals surface area contributed by atoms with Crippen molar-refractivity contribution in [2.24, 2.45) is 0 Å². The van der Waals surface area contributed by atoms with Crippen LogP contribution in [0.2, 0.25) is 0 Å². The molecule has 2 unspecified atom stereocenters. The number of likely N-dealkylation sites (N-methyl/N-ethyl adjacent to an activating group) is 1. The summed E-state index contributed by atoms with van der Waals surface area (Å²) in [6.07, 6.45) is 6.96. The second-order valence-electron chi connectivity index (χ2n) is 5.90. The van der Waals surface area contributed by atoms with Crippen molar-refractivity contribution in [3.63, 3.8) is 0 Å². The van der Waals surface area contributed by atoms with Gasteiger partial charge in [0.05, 0.1) is 0 Å². The predicted molar refractivity (Wildman–Crippen MR) is 78.0 cm³/mol. The molecule has 0 aliphatic carbocycles. The molecule has 2 aliphatic heterocycles. The molecule has 0 bridgehead atoms. The highest BCUT2D eigenvalue weighted by Crippen LogP contribution is 2.22. The minimum Gasteiger partial charge on any atom is -0.315 e. The number of nitrogens with zero attached hydrogens (tertiary/aromatic N) is 2. The van der Waals surface area contributed by atoms with Crippen molar-refractivity contribution in [3.8, 4) is 0 Å². The van der Waals surface area contributed by atoms with Gasteiger partial charge in [-0.05, 0) is 45.3 Å². The summed E-state index contributed by atoms with van der Waals surface area (Å²) in [5.74, 6) is 0. The maximum absolute atomic E-state index is 3.52. The average Bonchev–Trinajstić information content (AvgIpc) is 2.90. The van der Waals surface area contributed by atoms with E-state index in [1.165, 1.54) is 64.8 Å². The normalized spacial score (nSPS) is 28.7. The van der Waals surface area contributed by atoms with Gasteiger partial charge >= 0.3 is 0 Å². The van der Waals surface area contributed by atoms with E-state index in [4.69, 9.17) is 0 Å². The quantitative estimate of drug-likeness (QED) is 0.780. The molecule has 18 heavy (non-hydrogen) atoms. The Labute approximate surface area is 113 Å². The number of rotatable bonds is 6. The molecule has 0 aromatic rings. The largest absolute Gasteiger partial charge is 0.315 e. The van der Waals surface area contributed by atoms with E-state index in [9.17, 15) is 0 Å². The third-order valence-corrected chi connectivity index (χ3v) is 4.72. The molecule has 0 radical (unpaired) electrons. The summed E-state index contributed by atoms with van der Waals surface area (Å²) in [7, 11) is 0. The number of nitrogens with one attached hydrogen (secondary N) is 1. The first kappa shape index (κ1) is 14.3. The Balaban J connectivity index is 1.78.